The van der Waals surface area contributed by atoms with Crippen molar-refractivity contribution in [2.45, 2.75) is 19.5 Å². The van der Waals surface area contributed by atoms with Crippen LogP contribution in [0.3, 0.4) is 0 Å². The van der Waals surface area contributed by atoms with Crippen molar-refractivity contribution in [3.63, 3.8) is 0 Å². The van der Waals surface area contributed by atoms with Gasteiger partial charge in [0.25, 0.3) is 0 Å². The number of halogens is 2. The highest BCUT2D eigenvalue weighted by atomic mass is 35.5. The molecular weight excluding hydrogens is 283 g/mol. The van der Waals surface area contributed by atoms with Crippen molar-refractivity contribution < 1.29 is 13.9 Å². The molecule has 1 atom stereocenters. The maximum Gasteiger partial charge on any atom is 0.242 e. The number of benzene rings is 1. The summed E-state index contributed by atoms with van der Waals surface area (Å²) in [6.45, 7) is 4.66. The number of likely N-dealkylation sites (N-methyl/N-ethyl adjacent to an activating group) is 1. The monoisotopic (exact) mass is 302 g/mol. The molecule has 1 heterocycles. The van der Waals surface area contributed by atoms with Crippen molar-refractivity contribution in [3.8, 4) is 0 Å². The Bertz CT molecular complexity index is 439. The predicted molar refractivity (Wildman–Crippen MR) is 77.3 cm³/mol. The van der Waals surface area contributed by atoms with Crippen LogP contribution in [0.25, 0.3) is 0 Å². The summed E-state index contributed by atoms with van der Waals surface area (Å²) in [5.41, 5.74) is 0.798. The maximum atomic E-state index is 13.1. The van der Waals surface area contributed by atoms with E-state index < -0.39 is 0 Å². The summed E-state index contributed by atoms with van der Waals surface area (Å²) in [6.07, 6.45) is 0. The first-order valence-electron chi connectivity index (χ1n) is 6.55. The first-order chi connectivity index (χ1) is 9.20. The minimum Gasteiger partial charge on any atom is -0.378 e. The molecule has 6 heteroatoms. The molecule has 112 valence electrons. The number of nitrogens with zero attached hydrogens (tertiary/aromatic N) is 1. The highest BCUT2D eigenvalue weighted by Gasteiger charge is 2.25. The van der Waals surface area contributed by atoms with E-state index in [1.165, 1.54) is 12.1 Å². The Morgan fingerprint density at radius 1 is 1.55 bits per heavy atom. The summed E-state index contributed by atoms with van der Waals surface area (Å²) < 4.78 is 18.4. The van der Waals surface area contributed by atoms with E-state index >= 15 is 0 Å². The van der Waals surface area contributed by atoms with Gasteiger partial charge in [-0.25, -0.2) is 4.39 Å². The smallest absolute Gasteiger partial charge is 0.242 e. The number of hydrogen-bond donors (Lipinski definition) is 1. The van der Waals surface area contributed by atoms with Gasteiger partial charge >= 0.3 is 0 Å². The molecule has 2 rings (SSSR count). The van der Waals surface area contributed by atoms with Crippen molar-refractivity contribution >= 4 is 18.3 Å². The standard InChI is InChI=1S/C14H19FN2O2.ClH/c1-2-17(9-11-4-3-5-12(15)8-11)14(18)13-10-19-7-6-16-13;/h3-5,8,13,16H,2,6-7,9-10H2,1H3;1H. The van der Waals surface area contributed by atoms with Gasteiger partial charge in [-0.05, 0) is 24.6 Å². The molecule has 1 unspecified atom stereocenters. The van der Waals surface area contributed by atoms with Gasteiger partial charge in [0.2, 0.25) is 5.91 Å². The fraction of sp³-hybridized carbons (Fsp3) is 0.500. The van der Waals surface area contributed by atoms with E-state index in [4.69, 9.17) is 4.74 Å². The van der Waals surface area contributed by atoms with E-state index in [0.717, 1.165) is 5.56 Å². The van der Waals surface area contributed by atoms with E-state index in [1.54, 1.807) is 11.0 Å². The molecule has 1 aliphatic heterocycles. The zero-order valence-corrected chi connectivity index (χ0v) is 12.3. The van der Waals surface area contributed by atoms with Gasteiger partial charge in [-0.2, -0.15) is 0 Å². The topological polar surface area (TPSA) is 41.6 Å². The third kappa shape index (κ3) is 4.44. The summed E-state index contributed by atoms with van der Waals surface area (Å²) in [5, 5.41) is 3.14. The van der Waals surface area contributed by atoms with Crippen LogP contribution in [0.2, 0.25) is 0 Å². The van der Waals surface area contributed by atoms with E-state index in [0.29, 0.717) is 32.8 Å². The molecule has 1 saturated heterocycles. The molecule has 1 N–H and O–H groups in total. The normalized spacial score (nSPS) is 18.2. The number of morpholine rings is 1. The second-order valence-corrected chi connectivity index (χ2v) is 4.56. The summed E-state index contributed by atoms with van der Waals surface area (Å²) in [6, 6.07) is 6.05. The molecule has 4 nitrogen and oxygen atoms in total. The Morgan fingerprint density at radius 2 is 2.35 bits per heavy atom. The first kappa shape index (κ1) is 16.9. The third-order valence-electron chi connectivity index (χ3n) is 3.18. The second kappa shape index (κ2) is 8.19. The number of carbonyl (C=O) groups excluding carboxylic acids is 1. The fourth-order valence-electron chi connectivity index (χ4n) is 2.15. The number of carbonyl (C=O) groups is 1. The van der Waals surface area contributed by atoms with Crippen LogP contribution in [0.15, 0.2) is 24.3 Å². The van der Waals surface area contributed by atoms with Crippen LogP contribution in [-0.4, -0.2) is 43.2 Å². The van der Waals surface area contributed by atoms with Crippen LogP contribution in [0.5, 0.6) is 0 Å². The molecule has 20 heavy (non-hydrogen) atoms. The van der Waals surface area contributed by atoms with Crippen LogP contribution in [-0.2, 0) is 16.1 Å². The third-order valence-corrected chi connectivity index (χ3v) is 3.18. The molecule has 0 spiro atoms. The Morgan fingerprint density at radius 3 is 2.95 bits per heavy atom. The van der Waals surface area contributed by atoms with Crippen LogP contribution >= 0.6 is 12.4 Å². The number of rotatable bonds is 4. The summed E-state index contributed by atoms with van der Waals surface area (Å²) in [5.74, 6) is -0.272. The van der Waals surface area contributed by atoms with Gasteiger partial charge in [0.15, 0.2) is 0 Å². The molecule has 1 fully saturated rings. The van der Waals surface area contributed by atoms with Gasteiger partial charge in [-0.3, -0.25) is 4.79 Å². The van der Waals surface area contributed by atoms with Crippen LogP contribution < -0.4 is 5.32 Å². The van der Waals surface area contributed by atoms with Crippen molar-refractivity contribution in [3.05, 3.63) is 35.6 Å². The lowest BCUT2D eigenvalue weighted by Gasteiger charge is -2.29. The molecule has 1 aromatic rings. The Kier molecular flexibility index (Phi) is 6.91. The molecule has 0 radical (unpaired) electrons. The van der Waals surface area contributed by atoms with E-state index in [9.17, 15) is 9.18 Å². The predicted octanol–water partition coefficient (Wildman–Crippen LogP) is 1.58. The average Bonchev–Trinajstić information content (AvgIpc) is 2.45. The van der Waals surface area contributed by atoms with Crippen molar-refractivity contribution in [2.75, 3.05) is 26.3 Å². The summed E-state index contributed by atoms with van der Waals surface area (Å²) in [4.78, 5) is 14.0. The lowest BCUT2D eigenvalue weighted by Crippen LogP contribution is -2.52. The molecule has 1 aromatic carbocycles. The van der Waals surface area contributed by atoms with Crippen molar-refractivity contribution in [1.29, 1.82) is 0 Å². The van der Waals surface area contributed by atoms with Crippen LogP contribution in [0.4, 0.5) is 4.39 Å². The second-order valence-electron chi connectivity index (χ2n) is 4.56. The van der Waals surface area contributed by atoms with Crippen LogP contribution in [0.1, 0.15) is 12.5 Å². The summed E-state index contributed by atoms with van der Waals surface area (Å²) >= 11 is 0. The summed E-state index contributed by atoms with van der Waals surface area (Å²) in [7, 11) is 0. The maximum absolute atomic E-state index is 13.1. The number of hydrogen-bond acceptors (Lipinski definition) is 3. The van der Waals surface area contributed by atoms with Gasteiger partial charge in [0.05, 0.1) is 13.2 Å². The average molecular weight is 303 g/mol. The molecule has 0 bridgehead atoms. The lowest BCUT2D eigenvalue weighted by atomic mass is 10.1. The Hall–Kier alpha value is -1.17. The quantitative estimate of drug-likeness (QED) is 0.918. The van der Waals surface area contributed by atoms with E-state index in [1.807, 2.05) is 13.0 Å². The minimum absolute atomic E-state index is 0. The highest BCUT2D eigenvalue weighted by Crippen LogP contribution is 2.09. The van der Waals surface area contributed by atoms with Gasteiger partial charge < -0.3 is 15.0 Å². The van der Waals surface area contributed by atoms with Gasteiger partial charge in [0, 0.05) is 19.6 Å². The molecular formula is C14H20ClFN2O2. The van der Waals surface area contributed by atoms with E-state index in [2.05, 4.69) is 5.32 Å². The molecule has 1 amide bonds. The van der Waals surface area contributed by atoms with Gasteiger partial charge in [-0.1, -0.05) is 12.1 Å². The lowest BCUT2D eigenvalue weighted by molar-refractivity contribution is -0.136. The van der Waals surface area contributed by atoms with Gasteiger partial charge in [-0.15, -0.1) is 12.4 Å². The van der Waals surface area contributed by atoms with Crippen molar-refractivity contribution in [1.82, 2.24) is 10.2 Å². The highest BCUT2D eigenvalue weighted by molar-refractivity contribution is 5.85. The fourth-order valence-corrected chi connectivity index (χ4v) is 2.15. The van der Waals surface area contributed by atoms with Gasteiger partial charge in [0.1, 0.15) is 11.9 Å². The number of amides is 1. The number of ether oxygens (including phenoxy) is 1. The first-order valence-corrected chi connectivity index (χ1v) is 6.55. The van der Waals surface area contributed by atoms with Crippen molar-refractivity contribution in [2.24, 2.45) is 0 Å². The zero-order chi connectivity index (χ0) is 13.7. The minimum atomic E-state index is -0.290. The van der Waals surface area contributed by atoms with Crippen LogP contribution in [0, 0.1) is 5.82 Å². The zero-order valence-electron chi connectivity index (χ0n) is 11.5. The SMILES string of the molecule is CCN(Cc1cccc(F)c1)C(=O)C1COCCN1.Cl. The van der Waals surface area contributed by atoms with E-state index in [-0.39, 0.29) is 30.2 Å². The molecule has 0 saturated carbocycles. The Balaban J connectivity index is 0.00000200. The Labute approximate surface area is 124 Å². The largest absolute Gasteiger partial charge is 0.378 e. The molecule has 0 aromatic heterocycles. The molecule has 0 aliphatic carbocycles. The number of nitrogens with one attached hydrogen (secondary N) is 1. The molecule has 1 aliphatic rings.